The predicted octanol–water partition coefficient (Wildman–Crippen LogP) is 1.78. The van der Waals surface area contributed by atoms with E-state index >= 15 is 0 Å². The number of aliphatic hydroxyl groups is 1. The maximum Gasteiger partial charge on any atom is 0.410 e. The van der Waals surface area contributed by atoms with Crippen LogP contribution in [0, 0.1) is 0 Å². The second kappa shape index (κ2) is 6.94. The number of aromatic carboxylic acids is 1. The molecule has 1 aliphatic rings. The van der Waals surface area contributed by atoms with Gasteiger partial charge in [0.05, 0.1) is 6.61 Å². The number of ether oxygens (including phenoxy) is 1. The highest BCUT2D eigenvalue weighted by Crippen LogP contribution is 2.31. The number of hydrogen-bond acceptors (Lipinski definition) is 7. The summed E-state index contributed by atoms with van der Waals surface area (Å²) in [7, 11) is 0. The second-order valence-corrected chi connectivity index (χ2v) is 7.76. The van der Waals surface area contributed by atoms with Crippen LogP contribution >= 0.6 is 11.3 Å². The highest BCUT2D eigenvalue weighted by Gasteiger charge is 2.33. The topological polar surface area (TPSA) is 103 Å². The number of amides is 1. The van der Waals surface area contributed by atoms with Gasteiger partial charge in [0.25, 0.3) is 0 Å². The molecule has 2 N–H and O–H groups in total. The summed E-state index contributed by atoms with van der Waals surface area (Å²) in [4.78, 5) is 31.1. The Hall–Kier alpha value is -1.87. The molecule has 1 aromatic heterocycles. The van der Waals surface area contributed by atoms with Crippen molar-refractivity contribution < 1.29 is 24.5 Å². The number of nitrogens with zero attached hydrogens (tertiary/aromatic N) is 3. The molecule has 0 aromatic carbocycles. The Morgan fingerprint density at radius 3 is 2.54 bits per heavy atom. The standard InChI is InChI=1S/C15H23N3O5S/c1-9-7-17(5-6-18(9)14(22)23-15(2,3)4)12-11(13(20)21)16-10(8-19)24-12/h9,19H,5-8H2,1-4H3,(H,20,21)/t9-/m1/s1. The lowest BCUT2D eigenvalue weighted by atomic mass is 10.2. The van der Waals surface area contributed by atoms with Crippen LogP contribution in [0.5, 0.6) is 0 Å². The summed E-state index contributed by atoms with van der Waals surface area (Å²) in [5, 5.41) is 19.4. The molecule has 0 saturated carbocycles. The fourth-order valence-electron chi connectivity index (χ4n) is 2.51. The molecule has 1 aromatic rings. The third kappa shape index (κ3) is 4.15. The van der Waals surface area contributed by atoms with Gasteiger partial charge >= 0.3 is 12.1 Å². The van der Waals surface area contributed by atoms with Gasteiger partial charge in [0.15, 0.2) is 5.69 Å². The molecule has 0 bridgehead atoms. The van der Waals surface area contributed by atoms with Crippen LogP contribution < -0.4 is 4.90 Å². The van der Waals surface area contributed by atoms with Crippen LogP contribution in [-0.2, 0) is 11.3 Å². The number of aromatic nitrogens is 1. The van der Waals surface area contributed by atoms with E-state index in [0.29, 0.717) is 29.6 Å². The van der Waals surface area contributed by atoms with Crippen molar-refractivity contribution in [3.63, 3.8) is 0 Å². The molecule has 2 heterocycles. The SMILES string of the molecule is C[C@@H]1CN(c2sc(CO)nc2C(=O)O)CCN1C(=O)OC(C)(C)C. The van der Waals surface area contributed by atoms with E-state index in [9.17, 15) is 19.8 Å². The maximum absolute atomic E-state index is 12.2. The first-order valence-electron chi connectivity index (χ1n) is 7.71. The van der Waals surface area contributed by atoms with Crippen molar-refractivity contribution >= 4 is 28.4 Å². The average Bonchev–Trinajstić information content (AvgIpc) is 2.89. The van der Waals surface area contributed by atoms with Crippen molar-refractivity contribution in [2.45, 2.75) is 45.9 Å². The van der Waals surface area contributed by atoms with Crippen molar-refractivity contribution in [1.82, 2.24) is 9.88 Å². The molecular formula is C15H23N3O5S. The number of hydrogen-bond donors (Lipinski definition) is 2. The Labute approximate surface area is 144 Å². The monoisotopic (exact) mass is 357 g/mol. The highest BCUT2D eigenvalue weighted by molar-refractivity contribution is 7.16. The molecule has 0 aliphatic carbocycles. The Bertz CT molecular complexity index is 625. The number of carbonyl (C=O) groups is 2. The molecule has 24 heavy (non-hydrogen) atoms. The summed E-state index contributed by atoms with van der Waals surface area (Å²) in [6.07, 6.45) is -0.367. The molecule has 0 radical (unpaired) electrons. The van der Waals surface area contributed by atoms with Crippen LogP contribution in [0.1, 0.15) is 43.2 Å². The molecule has 1 saturated heterocycles. The predicted molar refractivity (Wildman–Crippen MR) is 89.6 cm³/mol. The van der Waals surface area contributed by atoms with Gasteiger partial charge in [-0.2, -0.15) is 0 Å². The minimum absolute atomic E-state index is 0.0537. The van der Waals surface area contributed by atoms with E-state index in [1.165, 1.54) is 11.3 Å². The average molecular weight is 357 g/mol. The number of thiazole rings is 1. The van der Waals surface area contributed by atoms with E-state index in [1.54, 1.807) is 4.90 Å². The van der Waals surface area contributed by atoms with Crippen molar-refractivity contribution in [1.29, 1.82) is 0 Å². The number of aliphatic hydroxyl groups excluding tert-OH is 1. The quantitative estimate of drug-likeness (QED) is 0.850. The van der Waals surface area contributed by atoms with E-state index in [1.807, 2.05) is 32.6 Å². The van der Waals surface area contributed by atoms with Gasteiger partial charge in [-0.15, -0.1) is 0 Å². The Kier molecular flexibility index (Phi) is 5.34. The Morgan fingerprint density at radius 1 is 1.38 bits per heavy atom. The number of rotatable bonds is 3. The molecule has 1 aliphatic heterocycles. The van der Waals surface area contributed by atoms with E-state index in [2.05, 4.69) is 4.98 Å². The van der Waals surface area contributed by atoms with Crippen LogP contribution in [0.15, 0.2) is 0 Å². The summed E-state index contributed by atoms with van der Waals surface area (Å²) in [5.74, 6) is -1.12. The van der Waals surface area contributed by atoms with E-state index in [4.69, 9.17) is 4.74 Å². The zero-order valence-electron chi connectivity index (χ0n) is 14.3. The third-order valence-electron chi connectivity index (χ3n) is 3.53. The number of piperazine rings is 1. The van der Waals surface area contributed by atoms with Gasteiger partial charge in [-0.25, -0.2) is 14.6 Å². The fourth-order valence-corrected chi connectivity index (χ4v) is 3.46. The molecule has 1 atom stereocenters. The second-order valence-electron chi connectivity index (χ2n) is 6.69. The number of anilines is 1. The molecule has 0 unspecified atom stereocenters. The molecule has 1 fully saturated rings. The van der Waals surface area contributed by atoms with Gasteiger partial charge in [0.1, 0.15) is 15.6 Å². The van der Waals surface area contributed by atoms with Gasteiger partial charge in [-0.05, 0) is 27.7 Å². The van der Waals surface area contributed by atoms with E-state index in [0.717, 1.165) is 0 Å². The first-order chi connectivity index (χ1) is 11.1. The first-order valence-corrected chi connectivity index (χ1v) is 8.52. The number of carbonyl (C=O) groups excluding carboxylic acids is 1. The van der Waals surface area contributed by atoms with Crippen molar-refractivity contribution in [3.8, 4) is 0 Å². The molecule has 2 rings (SSSR count). The fraction of sp³-hybridized carbons (Fsp3) is 0.667. The van der Waals surface area contributed by atoms with Crippen LogP contribution in [-0.4, -0.2) is 63.4 Å². The van der Waals surface area contributed by atoms with Gasteiger partial charge in [-0.1, -0.05) is 11.3 Å². The smallest absolute Gasteiger partial charge is 0.410 e. The summed E-state index contributed by atoms with van der Waals surface area (Å²) in [5.41, 5.74) is -0.611. The lowest BCUT2D eigenvalue weighted by molar-refractivity contribution is 0.0158. The molecule has 1 amide bonds. The molecule has 8 nitrogen and oxygen atoms in total. The summed E-state index contributed by atoms with van der Waals surface area (Å²) < 4.78 is 5.40. The van der Waals surface area contributed by atoms with Gasteiger partial charge in [0, 0.05) is 25.7 Å². The lowest BCUT2D eigenvalue weighted by Crippen LogP contribution is -2.55. The molecule has 0 spiro atoms. The van der Waals surface area contributed by atoms with Gasteiger partial charge in [-0.3, -0.25) is 0 Å². The van der Waals surface area contributed by atoms with Crippen LogP contribution in [0.25, 0.3) is 0 Å². The van der Waals surface area contributed by atoms with Crippen molar-refractivity contribution in [2.75, 3.05) is 24.5 Å². The molecular weight excluding hydrogens is 334 g/mol. The van der Waals surface area contributed by atoms with Crippen molar-refractivity contribution in [2.24, 2.45) is 0 Å². The summed E-state index contributed by atoms with van der Waals surface area (Å²) >= 11 is 1.17. The lowest BCUT2D eigenvalue weighted by Gasteiger charge is -2.40. The third-order valence-corrected chi connectivity index (χ3v) is 4.64. The van der Waals surface area contributed by atoms with Gasteiger partial charge < -0.3 is 24.7 Å². The highest BCUT2D eigenvalue weighted by atomic mass is 32.1. The number of carboxylic acid groups (broad SMARTS) is 1. The maximum atomic E-state index is 12.2. The summed E-state index contributed by atoms with van der Waals surface area (Å²) in [6, 6.07) is -0.130. The first kappa shape index (κ1) is 18.5. The molecule has 9 heteroatoms. The van der Waals surface area contributed by atoms with Crippen LogP contribution in [0.3, 0.4) is 0 Å². The van der Waals surface area contributed by atoms with Crippen LogP contribution in [0.4, 0.5) is 9.80 Å². The zero-order chi connectivity index (χ0) is 18.1. The summed E-state index contributed by atoms with van der Waals surface area (Å²) in [6.45, 7) is 8.45. The van der Waals surface area contributed by atoms with Crippen molar-refractivity contribution in [3.05, 3.63) is 10.7 Å². The van der Waals surface area contributed by atoms with Gasteiger partial charge in [0.2, 0.25) is 0 Å². The minimum atomic E-state index is -1.12. The van der Waals surface area contributed by atoms with E-state index in [-0.39, 0.29) is 24.4 Å². The van der Waals surface area contributed by atoms with E-state index < -0.39 is 11.6 Å². The zero-order valence-corrected chi connectivity index (χ0v) is 15.1. The molecule has 134 valence electrons. The Balaban J connectivity index is 2.12. The largest absolute Gasteiger partial charge is 0.476 e. The Morgan fingerprint density at radius 2 is 2.04 bits per heavy atom. The van der Waals surface area contributed by atoms with Crippen LogP contribution in [0.2, 0.25) is 0 Å². The number of carboxylic acids is 1. The normalized spacial score (nSPS) is 18.6. The minimum Gasteiger partial charge on any atom is -0.476 e.